The molecule has 0 radical (unpaired) electrons. The van der Waals surface area contributed by atoms with Gasteiger partial charge in [0.05, 0.1) is 12.5 Å². The van der Waals surface area contributed by atoms with Gasteiger partial charge in [0, 0.05) is 5.57 Å². The maximum atomic E-state index is 11.3. The second kappa shape index (κ2) is 11.6. The number of hydrogen-bond acceptors (Lipinski definition) is 3. The lowest BCUT2D eigenvalue weighted by Gasteiger charge is -2.59. The van der Waals surface area contributed by atoms with Gasteiger partial charge in [-0.05, 0) is 105 Å². The van der Waals surface area contributed by atoms with Crippen molar-refractivity contribution < 1.29 is 24.9 Å². The number of aliphatic carboxylic acids is 2. The van der Waals surface area contributed by atoms with E-state index in [-0.39, 0.29) is 27.9 Å². The summed E-state index contributed by atoms with van der Waals surface area (Å²) in [6, 6.07) is 0. The Kier molecular flexibility index (Phi) is 9.41. The first-order valence-corrected chi connectivity index (χ1v) is 14.8. The molecule has 1 fully saturated rings. The van der Waals surface area contributed by atoms with Gasteiger partial charge in [-0.15, -0.1) is 0 Å². The first kappa shape index (κ1) is 29.9. The summed E-state index contributed by atoms with van der Waals surface area (Å²) in [4.78, 5) is 22.3. The monoisotopic (exact) mass is 516 g/mol. The summed E-state index contributed by atoms with van der Waals surface area (Å²) in [7, 11) is 0. The van der Waals surface area contributed by atoms with E-state index in [2.05, 4.69) is 41.5 Å². The molecule has 3 aliphatic carbocycles. The molecule has 6 atom stereocenters. The van der Waals surface area contributed by atoms with Crippen molar-refractivity contribution in [3.63, 3.8) is 0 Å². The quantitative estimate of drug-likeness (QED) is 0.192. The highest BCUT2D eigenvalue weighted by Gasteiger charge is 2.55. The van der Waals surface area contributed by atoms with E-state index >= 15 is 0 Å². The average Bonchev–Trinajstić information content (AvgIpc) is 2.81. The molecule has 3 aliphatic rings. The highest BCUT2D eigenvalue weighted by molar-refractivity contribution is 5.92. The zero-order valence-electron chi connectivity index (χ0n) is 24.2. The minimum Gasteiger partial charge on any atom is -0.481 e. The van der Waals surface area contributed by atoms with Gasteiger partial charge in [-0.2, -0.15) is 0 Å². The minimum atomic E-state index is -1.13. The van der Waals surface area contributed by atoms with Crippen LogP contribution in [0.5, 0.6) is 0 Å². The summed E-state index contributed by atoms with van der Waals surface area (Å²) < 4.78 is 0. The molecular formula is C32H52O5. The van der Waals surface area contributed by atoms with Crippen molar-refractivity contribution in [1.82, 2.24) is 0 Å². The molecule has 0 bridgehead atoms. The van der Waals surface area contributed by atoms with E-state index in [1.54, 1.807) is 17.2 Å². The van der Waals surface area contributed by atoms with Gasteiger partial charge in [-0.1, -0.05) is 65.2 Å². The summed E-state index contributed by atoms with van der Waals surface area (Å²) in [6.45, 7) is 14.1. The van der Waals surface area contributed by atoms with Crippen molar-refractivity contribution in [2.75, 3.05) is 0 Å². The molecule has 5 nitrogen and oxygen atoms in total. The minimum absolute atomic E-state index is 0.00978. The highest BCUT2D eigenvalue weighted by atomic mass is 16.4. The Hall–Kier alpha value is -1.62. The zero-order chi connectivity index (χ0) is 27.6. The maximum Gasteiger partial charge on any atom is 0.331 e. The second-order valence-corrected chi connectivity index (χ2v) is 13.6. The number of fused-ring (bicyclic) bond motifs is 2. The van der Waals surface area contributed by atoms with Crippen LogP contribution in [0.4, 0.5) is 0 Å². The molecule has 3 N–H and O–H groups in total. The van der Waals surface area contributed by atoms with E-state index in [9.17, 15) is 19.8 Å². The van der Waals surface area contributed by atoms with Crippen molar-refractivity contribution in [3.05, 3.63) is 22.8 Å². The topological polar surface area (TPSA) is 94.8 Å². The molecular weight excluding hydrogens is 464 g/mol. The second-order valence-electron chi connectivity index (χ2n) is 13.6. The third-order valence-electron chi connectivity index (χ3n) is 11.1. The van der Waals surface area contributed by atoms with Crippen LogP contribution in [0, 0.1) is 34.0 Å². The summed E-state index contributed by atoms with van der Waals surface area (Å²) in [5, 5.41) is 29.0. The number of carboxylic acid groups (broad SMARTS) is 2. The van der Waals surface area contributed by atoms with E-state index in [4.69, 9.17) is 5.11 Å². The van der Waals surface area contributed by atoms with E-state index in [1.807, 2.05) is 0 Å². The molecule has 5 heteroatoms. The number of allylic oxidation sites excluding steroid dienone is 3. The molecule has 0 aromatic carbocycles. The molecule has 1 saturated carbocycles. The smallest absolute Gasteiger partial charge is 0.331 e. The Balaban J connectivity index is 1.70. The molecule has 0 aromatic heterocycles. The maximum absolute atomic E-state index is 11.3. The fourth-order valence-corrected chi connectivity index (χ4v) is 8.61. The normalized spacial score (nSPS) is 33.3. The lowest BCUT2D eigenvalue weighted by Crippen LogP contribution is -2.53. The van der Waals surface area contributed by atoms with Gasteiger partial charge in [0.25, 0.3) is 0 Å². The summed E-state index contributed by atoms with van der Waals surface area (Å²) in [5.74, 6) is -0.623. The Labute approximate surface area is 224 Å². The van der Waals surface area contributed by atoms with Crippen molar-refractivity contribution in [3.8, 4) is 0 Å². The van der Waals surface area contributed by atoms with Crippen LogP contribution in [-0.2, 0) is 9.59 Å². The van der Waals surface area contributed by atoms with Gasteiger partial charge in [-0.3, -0.25) is 4.79 Å². The Morgan fingerprint density at radius 1 is 1.03 bits per heavy atom. The number of aliphatic hydroxyl groups excluding tert-OH is 1. The zero-order valence-corrected chi connectivity index (χ0v) is 24.2. The standard InChI is InChI=1S/C32H52O5/c1-7-22(21(2)10-8-11-23(29(36)37)20-28(34)35)15-18-31(5)17-9-12-25-24(31)13-14-26-30(3,4)27(33)16-19-32(25,26)6/h11,21-22,26-27,33H,7-10,12-20H2,1-6H3,(H,34,35)(H,36,37)/b23-11+/t21-,22-,26+,27?,31+,32-/m1/s1. The molecule has 1 unspecified atom stereocenters. The van der Waals surface area contributed by atoms with E-state index in [0.29, 0.717) is 24.2 Å². The molecule has 0 aliphatic heterocycles. The van der Waals surface area contributed by atoms with Crippen LogP contribution in [0.3, 0.4) is 0 Å². The van der Waals surface area contributed by atoms with Gasteiger partial charge >= 0.3 is 11.9 Å². The number of rotatable bonds is 11. The van der Waals surface area contributed by atoms with Crippen LogP contribution >= 0.6 is 0 Å². The van der Waals surface area contributed by atoms with Crippen LogP contribution in [-0.4, -0.2) is 33.4 Å². The average molecular weight is 517 g/mol. The van der Waals surface area contributed by atoms with E-state index in [0.717, 1.165) is 25.7 Å². The first-order chi connectivity index (χ1) is 17.3. The summed E-state index contributed by atoms with van der Waals surface area (Å²) >= 11 is 0. The van der Waals surface area contributed by atoms with Crippen molar-refractivity contribution in [2.45, 2.75) is 131 Å². The Bertz CT molecular complexity index is 914. The predicted octanol–water partition coefficient (Wildman–Crippen LogP) is 7.78. The van der Waals surface area contributed by atoms with Gasteiger partial charge in [0.1, 0.15) is 0 Å². The summed E-state index contributed by atoms with van der Waals surface area (Å²) in [6.07, 6.45) is 14.1. The highest BCUT2D eigenvalue weighted by Crippen LogP contribution is 2.64. The van der Waals surface area contributed by atoms with Crippen LogP contribution in [0.15, 0.2) is 22.8 Å². The van der Waals surface area contributed by atoms with Crippen LogP contribution < -0.4 is 0 Å². The first-order valence-electron chi connectivity index (χ1n) is 14.8. The fourth-order valence-electron chi connectivity index (χ4n) is 8.61. The van der Waals surface area contributed by atoms with E-state index in [1.165, 1.54) is 44.9 Å². The predicted molar refractivity (Wildman–Crippen MR) is 148 cm³/mol. The number of carboxylic acids is 2. The Morgan fingerprint density at radius 2 is 1.73 bits per heavy atom. The third-order valence-corrected chi connectivity index (χ3v) is 11.1. The van der Waals surface area contributed by atoms with Gasteiger partial charge < -0.3 is 15.3 Å². The molecule has 0 spiro atoms. The van der Waals surface area contributed by atoms with Gasteiger partial charge in [0.15, 0.2) is 0 Å². The molecule has 3 rings (SSSR count). The fraction of sp³-hybridized carbons (Fsp3) is 0.812. The lowest BCUT2D eigenvalue weighted by molar-refractivity contribution is -0.139. The van der Waals surface area contributed by atoms with Gasteiger partial charge in [-0.25, -0.2) is 4.79 Å². The Morgan fingerprint density at radius 3 is 2.35 bits per heavy atom. The molecule has 0 heterocycles. The van der Waals surface area contributed by atoms with Gasteiger partial charge in [0.2, 0.25) is 0 Å². The molecule has 0 saturated heterocycles. The number of hydrogen-bond donors (Lipinski definition) is 3. The van der Waals surface area contributed by atoms with Crippen LogP contribution in [0.2, 0.25) is 0 Å². The third kappa shape index (κ3) is 6.18. The van der Waals surface area contributed by atoms with Crippen LogP contribution in [0.25, 0.3) is 0 Å². The van der Waals surface area contributed by atoms with Crippen molar-refractivity contribution in [2.24, 2.45) is 34.0 Å². The largest absolute Gasteiger partial charge is 0.481 e. The number of carbonyl (C=O) groups is 2. The lowest BCUT2D eigenvalue weighted by atomic mass is 9.46. The number of aliphatic hydroxyl groups is 1. The summed E-state index contributed by atoms with van der Waals surface area (Å²) in [5.41, 5.74) is 3.93. The van der Waals surface area contributed by atoms with Crippen LogP contribution in [0.1, 0.15) is 125 Å². The molecule has 37 heavy (non-hydrogen) atoms. The molecule has 0 aromatic rings. The molecule has 210 valence electrons. The van der Waals surface area contributed by atoms with E-state index < -0.39 is 18.4 Å². The van der Waals surface area contributed by atoms with Crippen molar-refractivity contribution in [1.29, 1.82) is 0 Å². The van der Waals surface area contributed by atoms with Crippen molar-refractivity contribution >= 4 is 11.9 Å². The SMILES string of the molecule is CC[C@H](CC[C@]1(C)CCCC2=C1CC[C@H]1C(C)(C)C(O)CC[C@]21C)[C@H](C)CC/C=C(\CC(=O)O)C(=O)O. The molecule has 0 amide bonds.